The van der Waals surface area contributed by atoms with Crippen molar-refractivity contribution in [1.82, 2.24) is 20.1 Å². The minimum Gasteiger partial charge on any atom is -0.406 e. The summed E-state index contributed by atoms with van der Waals surface area (Å²) in [6.45, 7) is 6.66. The van der Waals surface area contributed by atoms with Gasteiger partial charge in [0.15, 0.2) is 16.1 Å². The predicted octanol–water partition coefficient (Wildman–Crippen LogP) is 7.02. The van der Waals surface area contributed by atoms with E-state index in [2.05, 4.69) is 56.9 Å². The molecule has 1 N–H and O–H groups in total. The van der Waals surface area contributed by atoms with E-state index in [0.29, 0.717) is 35.4 Å². The van der Waals surface area contributed by atoms with E-state index in [1.807, 2.05) is 43.3 Å². The molecule has 3 aromatic carbocycles. The predicted molar refractivity (Wildman–Crippen MR) is 178 cm³/mol. The summed E-state index contributed by atoms with van der Waals surface area (Å²) >= 11 is 6.82. The van der Waals surface area contributed by atoms with Gasteiger partial charge in [0.05, 0.1) is 17.1 Å². The first-order chi connectivity index (χ1) is 22.0. The first-order valence-corrected chi connectivity index (χ1v) is 15.7. The maximum atomic E-state index is 12.8. The smallest absolute Gasteiger partial charge is 0.406 e. The number of amidine groups is 1. The number of halogens is 3. The normalized spacial score (nSPS) is 14.0. The Morgan fingerprint density at radius 1 is 1.15 bits per heavy atom. The zero-order valence-corrected chi connectivity index (χ0v) is 26.8. The fraction of sp³-hybridized carbons (Fsp3) is 0.242. The van der Waals surface area contributed by atoms with E-state index in [1.165, 1.54) is 47.0 Å². The molecular formula is C33H29F3N6O2S2. The van der Waals surface area contributed by atoms with E-state index in [9.17, 15) is 18.0 Å². The number of anilines is 1. The molecule has 13 heteroatoms. The molecule has 236 valence electrons. The average Bonchev–Trinajstić information content (AvgIpc) is 3.63. The topological polar surface area (TPSA) is 84.6 Å². The molecule has 0 radical (unpaired) electrons. The fourth-order valence-corrected chi connectivity index (χ4v) is 5.71. The first kappa shape index (κ1) is 32.7. The molecule has 0 unspecified atom stereocenters. The van der Waals surface area contributed by atoms with Gasteiger partial charge in [-0.15, -0.1) is 18.3 Å². The van der Waals surface area contributed by atoms with Crippen LogP contribution in [0.5, 0.6) is 5.75 Å². The monoisotopic (exact) mass is 662 g/mol. The summed E-state index contributed by atoms with van der Waals surface area (Å²) < 4.78 is 42.7. The molecule has 1 aromatic heterocycles. The Kier molecular flexibility index (Phi) is 10.1. The van der Waals surface area contributed by atoms with Crippen LogP contribution in [0.2, 0.25) is 0 Å². The number of aliphatic imine (C=N–C) groups is 1. The lowest BCUT2D eigenvalue weighted by Gasteiger charge is -2.22. The highest BCUT2D eigenvalue weighted by molar-refractivity contribution is 8.15. The molecule has 1 saturated heterocycles. The van der Waals surface area contributed by atoms with Crippen molar-refractivity contribution in [2.45, 2.75) is 39.5 Å². The highest BCUT2D eigenvalue weighted by Crippen LogP contribution is 2.34. The van der Waals surface area contributed by atoms with Crippen LogP contribution in [0, 0.1) is 18.8 Å². The van der Waals surface area contributed by atoms with Crippen LogP contribution in [0.4, 0.5) is 18.9 Å². The van der Waals surface area contributed by atoms with E-state index >= 15 is 0 Å². The number of aromatic nitrogens is 3. The number of hydrogen-bond acceptors (Lipinski definition) is 6. The van der Waals surface area contributed by atoms with Crippen molar-refractivity contribution < 1.29 is 22.7 Å². The van der Waals surface area contributed by atoms with Crippen molar-refractivity contribution in [3.05, 3.63) is 89.7 Å². The van der Waals surface area contributed by atoms with E-state index < -0.39 is 6.36 Å². The van der Waals surface area contributed by atoms with Crippen LogP contribution in [0.25, 0.3) is 17.1 Å². The summed E-state index contributed by atoms with van der Waals surface area (Å²) in [4.78, 5) is 23.4. The van der Waals surface area contributed by atoms with Gasteiger partial charge in [-0.05, 0) is 78.7 Å². The van der Waals surface area contributed by atoms with E-state index in [1.54, 1.807) is 4.90 Å². The molecular weight excluding hydrogens is 634 g/mol. The van der Waals surface area contributed by atoms with Crippen LogP contribution in [-0.4, -0.2) is 49.6 Å². The first-order valence-electron chi connectivity index (χ1n) is 14.3. The Balaban J connectivity index is 1.18. The van der Waals surface area contributed by atoms with Crippen molar-refractivity contribution >= 4 is 45.9 Å². The van der Waals surface area contributed by atoms with Gasteiger partial charge in [-0.2, -0.15) is 4.99 Å². The van der Waals surface area contributed by atoms with Gasteiger partial charge in [0.25, 0.3) is 0 Å². The number of rotatable bonds is 7. The van der Waals surface area contributed by atoms with Gasteiger partial charge in [-0.1, -0.05) is 61.7 Å². The van der Waals surface area contributed by atoms with E-state index in [0.717, 1.165) is 27.9 Å². The van der Waals surface area contributed by atoms with E-state index in [4.69, 9.17) is 12.2 Å². The number of carbonyl (C=O) groups excluding carboxylic acids is 1. The standard InChI is InChI=1S/C33H29F3N6O2S2/c1-21(2)27-15-10-22(3)17-28(27)42-29(43)19-46-32(42)39-31(45)37-16-5-4-7-23-8-6-9-24(18-23)30-38-20-41(40-30)25-11-13-26(14-12-25)44-33(34,35)36/h6,8-15,17-18,20-21H,5,16,19H2,1-3H3,(H,37,45)/b39-32-. The second-order valence-electron chi connectivity index (χ2n) is 10.5. The molecule has 0 atom stereocenters. The highest BCUT2D eigenvalue weighted by Gasteiger charge is 2.32. The number of alkyl halides is 3. The third kappa shape index (κ3) is 8.32. The zero-order chi connectivity index (χ0) is 32.8. The number of thioether (sulfide) groups is 1. The van der Waals surface area contributed by atoms with Gasteiger partial charge in [-0.25, -0.2) is 9.67 Å². The molecule has 0 spiro atoms. The van der Waals surface area contributed by atoms with Gasteiger partial charge in [0.2, 0.25) is 5.91 Å². The number of nitrogens with one attached hydrogen (secondary N) is 1. The molecule has 0 aliphatic carbocycles. The number of benzene rings is 3. The number of amides is 1. The Morgan fingerprint density at radius 3 is 2.67 bits per heavy atom. The number of thiocarbonyl (C=S) groups is 1. The third-order valence-electron chi connectivity index (χ3n) is 6.72. The summed E-state index contributed by atoms with van der Waals surface area (Å²) in [5, 5.41) is 8.39. The summed E-state index contributed by atoms with van der Waals surface area (Å²) in [5.74, 6) is 6.89. The molecule has 5 rings (SSSR count). The lowest BCUT2D eigenvalue weighted by atomic mass is 9.99. The molecule has 4 aromatic rings. The molecule has 1 aliphatic rings. The largest absolute Gasteiger partial charge is 0.573 e. The minimum absolute atomic E-state index is 0.0253. The van der Waals surface area contributed by atoms with Crippen LogP contribution in [0.1, 0.15) is 42.9 Å². The number of aryl methyl sites for hydroxylation is 1. The Labute approximate surface area is 274 Å². The van der Waals surface area contributed by atoms with Crippen LogP contribution in [0.15, 0.2) is 78.0 Å². The van der Waals surface area contributed by atoms with Crippen molar-refractivity contribution in [3.63, 3.8) is 0 Å². The highest BCUT2D eigenvalue weighted by atomic mass is 32.2. The maximum Gasteiger partial charge on any atom is 0.573 e. The lowest BCUT2D eigenvalue weighted by Crippen LogP contribution is -2.32. The Hall–Kier alpha value is -4.67. The quantitative estimate of drug-likeness (QED) is 0.129. The molecule has 1 aliphatic heterocycles. The van der Waals surface area contributed by atoms with Crippen LogP contribution < -0.4 is 15.0 Å². The van der Waals surface area contributed by atoms with Crippen molar-refractivity contribution in [1.29, 1.82) is 0 Å². The second kappa shape index (κ2) is 14.2. The summed E-state index contributed by atoms with van der Waals surface area (Å²) in [7, 11) is 0. The summed E-state index contributed by atoms with van der Waals surface area (Å²) in [6, 6.07) is 18.9. The Bertz CT molecular complexity index is 1840. The van der Waals surface area contributed by atoms with Crippen LogP contribution >= 0.6 is 24.0 Å². The number of hydrogen-bond donors (Lipinski definition) is 1. The second-order valence-corrected chi connectivity index (χ2v) is 11.9. The molecule has 8 nitrogen and oxygen atoms in total. The van der Waals surface area contributed by atoms with Gasteiger partial charge >= 0.3 is 6.36 Å². The van der Waals surface area contributed by atoms with Gasteiger partial charge in [0.1, 0.15) is 12.1 Å². The molecule has 46 heavy (non-hydrogen) atoms. The third-order valence-corrected chi connectivity index (χ3v) is 7.88. The molecule has 2 heterocycles. The SMILES string of the molecule is Cc1ccc(C(C)C)c(N2C(=O)CS/C2=N\C(=S)NCCC#Cc2cccc(-c3ncn(-c4ccc(OC(F)(F)F)cc4)n3)c2)c1. The number of carbonyl (C=O) groups is 1. The van der Waals surface area contributed by atoms with Crippen molar-refractivity contribution in [2.24, 2.45) is 4.99 Å². The van der Waals surface area contributed by atoms with Gasteiger partial charge in [-0.3, -0.25) is 9.69 Å². The number of ether oxygens (including phenoxy) is 1. The molecule has 0 bridgehead atoms. The van der Waals surface area contributed by atoms with Crippen LogP contribution in [-0.2, 0) is 4.79 Å². The molecule has 1 fully saturated rings. The van der Waals surface area contributed by atoms with Gasteiger partial charge in [0, 0.05) is 24.1 Å². The fourth-order valence-electron chi connectivity index (χ4n) is 4.60. The zero-order valence-electron chi connectivity index (χ0n) is 25.1. The van der Waals surface area contributed by atoms with Crippen LogP contribution in [0.3, 0.4) is 0 Å². The maximum absolute atomic E-state index is 12.8. The van der Waals surface area contributed by atoms with Crippen molar-refractivity contribution in [3.8, 4) is 34.7 Å². The summed E-state index contributed by atoms with van der Waals surface area (Å²) in [6.07, 6.45) is -2.77. The minimum atomic E-state index is -4.76. The molecule has 1 amide bonds. The van der Waals surface area contributed by atoms with E-state index in [-0.39, 0.29) is 22.7 Å². The average molecular weight is 663 g/mol. The van der Waals surface area contributed by atoms with Crippen molar-refractivity contribution in [2.75, 3.05) is 17.2 Å². The lowest BCUT2D eigenvalue weighted by molar-refractivity contribution is -0.274. The summed E-state index contributed by atoms with van der Waals surface area (Å²) in [5.41, 5.74) is 5.01. The Morgan fingerprint density at radius 2 is 1.93 bits per heavy atom. The number of nitrogens with zero attached hydrogens (tertiary/aromatic N) is 5. The van der Waals surface area contributed by atoms with Gasteiger partial charge < -0.3 is 10.1 Å². The molecule has 0 saturated carbocycles.